The number of aromatic nitrogens is 9. The Hall–Kier alpha value is -13.8. The van der Waals surface area contributed by atoms with Gasteiger partial charge in [-0.2, -0.15) is 29.0 Å². The highest BCUT2D eigenvalue weighted by atomic mass is 35.5. The summed E-state index contributed by atoms with van der Waals surface area (Å²) >= 11 is 38.1. The van der Waals surface area contributed by atoms with Crippen LogP contribution < -0.4 is 31.4 Å². The van der Waals surface area contributed by atoms with Gasteiger partial charge >= 0.3 is 0 Å². The lowest BCUT2D eigenvalue weighted by molar-refractivity contribution is -0.129. The second-order valence-corrected chi connectivity index (χ2v) is 35.9. The van der Waals surface area contributed by atoms with Gasteiger partial charge in [-0.05, 0) is 131 Å². The van der Waals surface area contributed by atoms with Crippen molar-refractivity contribution in [2.24, 2.45) is 0 Å². The first kappa shape index (κ1) is 102. The van der Waals surface area contributed by atoms with Crippen LogP contribution >= 0.6 is 69.6 Å². The van der Waals surface area contributed by atoms with Crippen molar-refractivity contribution in [3.05, 3.63) is 257 Å². The Balaban J connectivity index is 0.000000175. The number of nitrogens with zero attached hydrogens (tertiary/aromatic N) is 18. The van der Waals surface area contributed by atoms with E-state index in [1.807, 2.05) is 59.8 Å². The summed E-state index contributed by atoms with van der Waals surface area (Å²) in [5, 5.41) is 57.8. The Morgan fingerprint density at radius 2 is 0.630 bits per heavy atom. The normalized spacial score (nSPS) is 15.0. The molecule has 42 heteroatoms. The molecule has 0 spiro atoms. The minimum Gasteiger partial charge on any atom is -0.503 e. The van der Waals surface area contributed by atoms with Crippen molar-refractivity contribution in [1.29, 1.82) is 15.8 Å². The molecule has 3 aliphatic heterocycles. The van der Waals surface area contributed by atoms with Crippen molar-refractivity contribution in [3.8, 4) is 86.3 Å². The van der Waals surface area contributed by atoms with Crippen molar-refractivity contribution in [2.75, 3.05) is 73.6 Å². The van der Waals surface area contributed by atoms with Gasteiger partial charge < -0.3 is 44.7 Å². The number of benzene rings is 3. The maximum absolute atomic E-state index is 15.4. The van der Waals surface area contributed by atoms with Crippen LogP contribution in [0.15, 0.2) is 107 Å². The largest absolute Gasteiger partial charge is 0.503 e. The number of hydrogen-bond acceptors (Lipinski definition) is 21. The molecule has 3 aromatic carbocycles. The Morgan fingerprint density at radius 3 is 0.833 bits per heavy atom. The zero-order valence-corrected chi connectivity index (χ0v) is 79.9. The molecule has 15 rings (SSSR count). The summed E-state index contributed by atoms with van der Waals surface area (Å²) < 4.78 is 136. The highest BCUT2D eigenvalue weighted by Crippen LogP contribution is 2.49. The molecule has 3 saturated heterocycles. The summed E-state index contributed by atoms with van der Waals surface area (Å²) in [7, 11) is 0. The van der Waals surface area contributed by atoms with Crippen LogP contribution in [-0.4, -0.2) is 168 Å². The van der Waals surface area contributed by atoms with Crippen LogP contribution in [0.4, 0.5) is 56.6 Å². The van der Waals surface area contributed by atoms with E-state index < -0.39 is 135 Å². The summed E-state index contributed by atoms with van der Waals surface area (Å²) in [6, 6.07) is 14.0. The van der Waals surface area contributed by atoms with E-state index in [2.05, 4.69) is 49.6 Å². The second kappa shape index (κ2) is 40.1. The topological polar surface area (TPSA) is 346 Å². The van der Waals surface area contributed by atoms with Crippen LogP contribution in [0.2, 0.25) is 30.1 Å². The van der Waals surface area contributed by atoms with Gasteiger partial charge in [0, 0.05) is 112 Å². The standard InChI is InChI=1S/3C32H27Cl2F3N6O3/c3*1-6-20(44)42-10-9-41(13-16(42)5)29-17-11-19(33)27(21-22(34)24(36)25(37)30(45)23(21)35)40-31(17)43(32(46)18(29)12-38)28-15(4)7-8-39-26(28)14(2)3/h3*6-8,11,14,16,45H,1,9-10,13H2,2-5H3/t3*16-/m111/s1. The molecule has 9 aromatic heterocycles. The van der Waals surface area contributed by atoms with Crippen molar-refractivity contribution in [2.45, 2.75) is 119 Å². The number of rotatable bonds is 15. The number of carbonyl (C=O) groups is 3. The number of phenolic OH excluding ortho intramolecular Hbond substituents is 3. The van der Waals surface area contributed by atoms with Crippen LogP contribution in [0.5, 0.6) is 17.2 Å². The zero-order valence-electron chi connectivity index (χ0n) is 75.4. The lowest BCUT2D eigenvalue weighted by Gasteiger charge is -2.41. The van der Waals surface area contributed by atoms with Crippen LogP contribution in [0.25, 0.3) is 83.9 Å². The molecular formula is C96H81Cl6F9N18O9. The molecule has 138 heavy (non-hydrogen) atoms. The van der Waals surface area contributed by atoms with Gasteiger partial charge in [0.25, 0.3) is 16.7 Å². The monoisotopic (exact) mass is 2010 g/mol. The van der Waals surface area contributed by atoms with Crippen LogP contribution in [0, 0.1) is 107 Å². The number of anilines is 3. The van der Waals surface area contributed by atoms with E-state index in [9.17, 15) is 86.2 Å². The van der Waals surface area contributed by atoms with Gasteiger partial charge in [-0.25, -0.2) is 41.3 Å². The number of fused-ring (bicyclic) bond motifs is 3. The second-order valence-electron chi connectivity index (χ2n) is 33.6. The van der Waals surface area contributed by atoms with Gasteiger partial charge in [-0.3, -0.25) is 57.4 Å². The highest BCUT2D eigenvalue weighted by Gasteiger charge is 2.40. The van der Waals surface area contributed by atoms with Crippen molar-refractivity contribution in [3.63, 3.8) is 0 Å². The maximum Gasteiger partial charge on any atom is 0.276 e. The number of phenols is 3. The number of pyridine rings is 9. The molecule has 0 aliphatic carbocycles. The number of aryl methyl sites for hydroxylation is 3. The van der Waals surface area contributed by atoms with Crippen LogP contribution in [0.1, 0.15) is 131 Å². The van der Waals surface area contributed by atoms with E-state index in [0.29, 0.717) is 50.8 Å². The molecule has 3 atom stereocenters. The van der Waals surface area contributed by atoms with Crippen LogP contribution in [-0.2, 0) is 14.4 Å². The van der Waals surface area contributed by atoms with E-state index >= 15 is 13.2 Å². The fourth-order valence-corrected chi connectivity index (χ4v) is 18.9. The SMILES string of the molecule is C=CC(=O)N1CCN(c2c(C#N)c(=O)n(-c3c(C)ccnc3C(C)C)c3nc(-c4c(F)c(O)c(F)c(F)c4Cl)c(Cl)cc23)C[C@H]1C.C=CC(=O)N1CCN(c2c(C#N)c(=O)n(-c3c(C)ccnc3C(C)C)c3nc(-c4c(F)c(O)c(F)c(F)c4Cl)c(Cl)cc23)C[C@H]1C.C=CC(=O)N1CCN(c2c(C#N)c(=O)n(-c3c(C)ccnc3C(C)C)c3nc(-c4c(F)c(O)c(F)c(F)c4Cl)c(Cl)cc23)C[C@H]1C. The quantitative estimate of drug-likeness (QED) is 0.0371. The van der Waals surface area contributed by atoms with E-state index in [1.165, 1.54) is 50.1 Å². The molecule has 12 aromatic rings. The van der Waals surface area contributed by atoms with E-state index in [4.69, 9.17) is 69.6 Å². The third-order valence-electron chi connectivity index (χ3n) is 24.0. The number of halogens is 15. The molecule has 714 valence electrons. The van der Waals surface area contributed by atoms with E-state index in [-0.39, 0.29) is 194 Å². The van der Waals surface area contributed by atoms with Crippen LogP contribution in [0.3, 0.4) is 0 Å². The lowest BCUT2D eigenvalue weighted by atomic mass is 10.0. The molecule has 0 unspecified atom stereocenters. The molecule has 0 radical (unpaired) electrons. The first-order chi connectivity index (χ1) is 65.2. The number of hydrogen-bond donors (Lipinski definition) is 3. The van der Waals surface area contributed by atoms with Gasteiger partial charge in [0.1, 0.15) is 51.8 Å². The predicted octanol–water partition coefficient (Wildman–Crippen LogP) is 19.2. The minimum atomic E-state index is -1.89. The molecule has 3 aliphatic rings. The Bertz CT molecular complexity index is 6790. The Kier molecular flexibility index (Phi) is 29.5. The average molecular weight is 2010 g/mol. The van der Waals surface area contributed by atoms with E-state index in [1.54, 1.807) is 108 Å². The third kappa shape index (κ3) is 17.6. The van der Waals surface area contributed by atoms with Gasteiger partial charge in [-0.1, -0.05) is 131 Å². The van der Waals surface area contributed by atoms with Crippen molar-refractivity contribution < 1.29 is 69.2 Å². The fourth-order valence-electron chi connectivity index (χ4n) is 17.4. The van der Waals surface area contributed by atoms with Crippen molar-refractivity contribution >= 4 is 137 Å². The fraction of sp³-hybridized carbons (Fsp3) is 0.281. The summed E-state index contributed by atoms with van der Waals surface area (Å²) in [6.07, 6.45) is 8.33. The smallest absolute Gasteiger partial charge is 0.276 e. The molecule has 0 bridgehead atoms. The van der Waals surface area contributed by atoms with E-state index in [0.717, 1.165) is 0 Å². The minimum absolute atomic E-state index is 0.117. The summed E-state index contributed by atoms with van der Waals surface area (Å²) in [4.78, 5) is 118. The molecule has 0 saturated carbocycles. The molecule has 3 N–H and O–H groups in total. The van der Waals surface area contributed by atoms with Gasteiger partial charge in [0.15, 0.2) is 52.2 Å². The highest BCUT2D eigenvalue weighted by molar-refractivity contribution is 6.39. The number of piperazine rings is 3. The zero-order chi connectivity index (χ0) is 101. The Morgan fingerprint density at radius 1 is 0.399 bits per heavy atom. The Labute approximate surface area is 811 Å². The lowest BCUT2D eigenvalue weighted by Crippen LogP contribution is -2.54. The number of amides is 3. The average Bonchev–Trinajstić information content (AvgIpc) is 0.726. The maximum atomic E-state index is 15.4. The van der Waals surface area contributed by atoms with Crippen molar-refractivity contribution in [1.82, 2.24) is 58.3 Å². The first-order valence-corrected chi connectivity index (χ1v) is 44.7. The van der Waals surface area contributed by atoms with Gasteiger partial charge in [0.2, 0.25) is 35.2 Å². The summed E-state index contributed by atoms with van der Waals surface area (Å²) in [5.41, 5.74) is -2.69. The summed E-state index contributed by atoms with van der Waals surface area (Å²) in [5.74, 6) is -22.0. The third-order valence-corrected chi connectivity index (χ3v) is 25.9. The number of nitriles is 3. The number of carbonyl (C=O) groups excluding carboxylic acids is 3. The molecule has 27 nitrogen and oxygen atoms in total. The molecule has 12 heterocycles. The molecular weight excluding hydrogens is 1930 g/mol. The van der Waals surface area contributed by atoms with Gasteiger partial charge in [0.05, 0.1) is 115 Å². The number of aromatic hydroxyl groups is 3. The predicted molar refractivity (Wildman–Crippen MR) is 508 cm³/mol. The summed E-state index contributed by atoms with van der Waals surface area (Å²) in [6.45, 7) is 34.5. The first-order valence-electron chi connectivity index (χ1n) is 42.4. The molecule has 3 amide bonds. The molecule has 3 fully saturated rings. The van der Waals surface area contributed by atoms with Gasteiger partial charge in [-0.15, -0.1) is 0 Å².